The molecule has 1 rings (SSSR count). The van der Waals surface area contributed by atoms with Crippen molar-refractivity contribution >= 4 is 26.5 Å². The molecule has 166 valence electrons. The lowest BCUT2D eigenvalue weighted by Crippen LogP contribution is -2.40. The van der Waals surface area contributed by atoms with Gasteiger partial charge in [-0.15, -0.1) is 0 Å². The van der Waals surface area contributed by atoms with E-state index in [1.54, 1.807) is 0 Å². The van der Waals surface area contributed by atoms with E-state index >= 15 is 0 Å². The summed E-state index contributed by atoms with van der Waals surface area (Å²) in [6, 6.07) is 5.96. The third kappa shape index (κ3) is 7.17. The van der Waals surface area contributed by atoms with Gasteiger partial charge in [-0.1, -0.05) is 59.7 Å². The van der Waals surface area contributed by atoms with Crippen molar-refractivity contribution in [2.24, 2.45) is 5.41 Å². The van der Waals surface area contributed by atoms with Gasteiger partial charge < -0.3 is 9.47 Å². The van der Waals surface area contributed by atoms with Gasteiger partial charge in [-0.3, -0.25) is 14.6 Å². The Morgan fingerprint density at radius 3 is 2.07 bits per heavy atom. The highest BCUT2D eigenvalue weighted by molar-refractivity contribution is 6.52. The van der Waals surface area contributed by atoms with Crippen molar-refractivity contribution in [1.82, 2.24) is 4.98 Å². The lowest BCUT2D eigenvalue weighted by molar-refractivity contribution is -0.164. The summed E-state index contributed by atoms with van der Waals surface area (Å²) in [6.07, 6.45) is 3.93. The van der Waals surface area contributed by atoms with Crippen molar-refractivity contribution < 1.29 is 19.1 Å². The average Bonchev–Trinajstić information content (AvgIpc) is 2.69. The van der Waals surface area contributed by atoms with E-state index in [2.05, 4.69) is 18.8 Å². The van der Waals surface area contributed by atoms with Crippen LogP contribution in [-0.4, -0.2) is 44.2 Å². The first-order chi connectivity index (χ1) is 13.7. The first kappa shape index (κ1) is 26.3. The zero-order chi connectivity index (χ0) is 23.2. The van der Waals surface area contributed by atoms with E-state index in [0.717, 1.165) is 19.4 Å². The number of methoxy groups -OCH3 is 1. The van der Waals surface area contributed by atoms with E-state index in [1.165, 1.54) is 7.11 Å². The molecule has 30 heavy (non-hydrogen) atoms. The number of carbonyl (C=O) groups is 2. The van der Waals surface area contributed by atoms with Gasteiger partial charge in [0.05, 0.1) is 12.5 Å². The van der Waals surface area contributed by atoms with Crippen LogP contribution in [0.5, 0.6) is 0 Å². The molecule has 0 aliphatic heterocycles. The Morgan fingerprint density at radius 2 is 1.60 bits per heavy atom. The highest BCUT2D eigenvalue weighted by Crippen LogP contribution is 2.39. The second kappa shape index (κ2) is 10.0. The Morgan fingerprint density at radius 1 is 0.967 bits per heavy atom. The number of pyridine rings is 1. The van der Waals surface area contributed by atoms with E-state index in [1.807, 2.05) is 65.9 Å². The van der Waals surface area contributed by atoms with E-state index in [9.17, 15) is 9.59 Å². The number of aromatic nitrogens is 1. The van der Waals surface area contributed by atoms with Crippen molar-refractivity contribution in [1.29, 1.82) is 0 Å². The fraction of sp³-hybridized carbons (Fsp3) is 0.696. The molecule has 1 aromatic rings. The molecular formula is C23H39B2NO4. The highest BCUT2D eigenvalue weighted by Gasteiger charge is 2.42. The van der Waals surface area contributed by atoms with Gasteiger partial charge in [-0.2, -0.15) is 0 Å². The van der Waals surface area contributed by atoms with Crippen molar-refractivity contribution in [3.05, 3.63) is 30.1 Å². The molecule has 0 amide bonds. The molecule has 0 aliphatic rings. The van der Waals surface area contributed by atoms with Gasteiger partial charge in [-0.05, 0) is 38.2 Å². The lowest BCUT2D eigenvalue weighted by atomic mass is 9.36. The minimum atomic E-state index is -0.683. The van der Waals surface area contributed by atoms with Gasteiger partial charge >= 0.3 is 11.9 Å². The molecule has 0 aromatic carbocycles. The molecule has 0 saturated carbocycles. The van der Waals surface area contributed by atoms with Crippen LogP contribution in [0.15, 0.2) is 24.4 Å². The van der Waals surface area contributed by atoms with Crippen molar-refractivity contribution in [3.8, 4) is 0 Å². The van der Waals surface area contributed by atoms with E-state index in [0.29, 0.717) is 19.9 Å². The summed E-state index contributed by atoms with van der Waals surface area (Å²) in [4.78, 5) is 29.9. The highest BCUT2D eigenvalue weighted by atomic mass is 16.6. The number of carbonyl (C=O) groups excluding carboxylic acids is 2. The molecule has 0 aliphatic carbocycles. The van der Waals surface area contributed by atoms with Crippen LogP contribution in [0.4, 0.5) is 0 Å². The van der Waals surface area contributed by atoms with Gasteiger partial charge in [0.2, 0.25) is 0 Å². The summed E-state index contributed by atoms with van der Waals surface area (Å²) in [5.74, 6) is -0.476. The molecular weight excluding hydrogens is 376 g/mol. The summed E-state index contributed by atoms with van der Waals surface area (Å²) < 4.78 is 10.7. The Balaban J connectivity index is 2.96. The topological polar surface area (TPSA) is 65.5 Å². The fourth-order valence-corrected chi connectivity index (χ4v) is 3.44. The van der Waals surface area contributed by atoms with Gasteiger partial charge in [0.15, 0.2) is 0 Å². The number of hydrogen-bond acceptors (Lipinski definition) is 5. The monoisotopic (exact) mass is 415 g/mol. The molecule has 2 unspecified atom stereocenters. The number of esters is 2. The number of rotatable bonds is 10. The largest absolute Gasteiger partial charge is 0.469 e. The average molecular weight is 415 g/mol. The van der Waals surface area contributed by atoms with Crippen LogP contribution < -0.4 is 0 Å². The first-order valence-electron chi connectivity index (χ1n) is 10.9. The molecule has 1 aromatic heterocycles. The molecule has 1 heterocycles. The predicted molar refractivity (Wildman–Crippen MR) is 126 cm³/mol. The molecule has 2 atom stereocenters. The summed E-state index contributed by atoms with van der Waals surface area (Å²) >= 11 is 0. The van der Waals surface area contributed by atoms with E-state index in [-0.39, 0.29) is 17.3 Å². The Labute approximate surface area is 184 Å². The lowest BCUT2D eigenvalue weighted by Gasteiger charge is -2.34. The zero-order valence-electron chi connectivity index (χ0n) is 20.4. The van der Waals surface area contributed by atoms with Gasteiger partial charge in [0.1, 0.15) is 20.2 Å². The second-order valence-electron chi connectivity index (χ2n) is 10.6. The van der Waals surface area contributed by atoms with Crippen LogP contribution in [0.3, 0.4) is 0 Å². The SMILES string of the molecule is CCC(C)(BCC(C)(BCC(C)(C)C(=O)OC(C)(C)C)C(=O)OC)c1ccccn1. The van der Waals surface area contributed by atoms with Crippen LogP contribution in [0.2, 0.25) is 18.0 Å². The predicted octanol–water partition coefficient (Wildman–Crippen LogP) is 4.14. The number of nitrogens with zero attached hydrogens (tertiary/aromatic N) is 1. The molecule has 0 radical (unpaired) electrons. The second-order valence-corrected chi connectivity index (χ2v) is 10.6. The quantitative estimate of drug-likeness (QED) is 0.425. The minimum absolute atomic E-state index is 0.128. The van der Waals surface area contributed by atoms with Gasteiger partial charge in [-0.25, -0.2) is 0 Å². The molecule has 0 bridgehead atoms. The molecule has 0 fully saturated rings. The molecule has 0 N–H and O–H groups in total. The van der Waals surface area contributed by atoms with Crippen LogP contribution in [0.1, 0.15) is 67.5 Å². The molecule has 5 nitrogen and oxygen atoms in total. The first-order valence-corrected chi connectivity index (χ1v) is 10.9. The van der Waals surface area contributed by atoms with Gasteiger partial charge in [0, 0.05) is 17.2 Å². The van der Waals surface area contributed by atoms with Crippen LogP contribution in [0.25, 0.3) is 0 Å². The van der Waals surface area contributed by atoms with Crippen LogP contribution in [-0.2, 0) is 24.4 Å². The minimum Gasteiger partial charge on any atom is -0.469 e. The standard InChI is InChI=1S/C23H39B2NO4/c1-10-22(7,17-13-11-12-14-26-17)25-16-23(8,19(28)29-9)24-15-21(5,6)18(27)30-20(2,3)4/h11-14,24-25H,10,15-16H2,1-9H3. The Hall–Kier alpha value is -1.78. The van der Waals surface area contributed by atoms with Crippen molar-refractivity contribution in [2.45, 2.75) is 90.7 Å². The van der Waals surface area contributed by atoms with Crippen LogP contribution in [0, 0.1) is 5.41 Å². The normalized spacial score (nSPS) is 16.0. The maximum atomic E-state index is 12.7. The summed E-state index contributed by atoms with van der Waals surface area (Å²) in [5, 5.41) is -0.809. The van der Waals surface area contributed by atoms with E-state index in [4.69, 9.17) is 9.47 Å². The summed E-state index contributed by atoms with van der Waals surface area (Å²) in [5.41, 5.74) is -0.183. The maximum absolute atomic E-state index is 12.7. The Kier molecular flexibility index (Phi) is 8.77. The van der Waals surface area contributed by atoms with Crippen molar-refractivity contribution in [3.63, 3.8) is 0 Å². The van der Waals surface area contributed by atoms with Crippen LogP contribution >= 0.6 is 0 Å². The zero-order valence-corrected chi connectivity index (χ0v) is 20.4. The Bertz CT molecular complexity index is 718. The molecule has 7 heteroatoms. The maximum Gasteiger partial charge on any atom is 0.311 e. The summed E-state index contributed by atoms with van der Waals surface area (Å²) in [6.45, 7) is 15.6. The third-order valence-corrected chi connectivity index (χ3v) is 6.22. The van der Waals surface area contributed by atoms with E-state index < -0.39 is 16.3 Å². The van der Waals surface area contributed by atoms with Crippen molar-refractivity contribution in [2.75, 3.05) is 7.11 Å². The number of ether oxygens (including phenoxy) is 2. The molecule has 0 saturated heterocycles. The summed E-state index contributed by atoms with van der Waals surface area (Å²) in [7, 11) is 2.78. The number of hydrogen-bond donors (Lipinski definition) is 0. The fourth-order valence-electron chi connectivity index (χ4n) is 3.44. The smallest absolute Gasteiger partial charge is 0.311 e. The third-order valence-electron chi connectivity index (χ3n) is 6.22. The molecule has 0 spiro atoms. The van der Waals surface area contributed by atoms with Gasteiger partial charge in [0.25, 0.3) is 0 Å².